The molecule has 2 N–H and O–H groups in total. The van der Waals surface area contributed by atoms with Gasteiger partial charge in [-0.2, -0.15) is 5.10 Å². The van der Waals surface area contributed by atoms with Gasteiger partial charge in [0.25, 0.3) is 0 Å². The number of rotatable bonds is 3. The average Bonchev–Trinajstić information content (AvgIpc) is 2.81. The van der Waals surface area contributed by atoms with Crippen LogP contribution in [0.25, 0.3) is 0 Å². The average molecular weight is 283 g/mol. The fraction of sp³-hybridized carbons (Fsp3) is 0.412. The standard InChI is InChI=1S/C17H21N3O/c1-4-11-5-7-12(8-6-11)18-16-15-13(19-20-16)9-17(2,3)10-14(15)21/h5-8H,4,9-10H2,1-3H3,(H2,18,19,20). The Bertz CT molecular complexity index is 668. The van der Waals surface area contributed by atoms with Crippen LogP contribution in [0.4, 0.5) is 11.5 Å². The summed E-state index contributed by atoms with van der Waals surface area (Å²) in [6.07, 6.45) is 2.45. The number of ketones is 1. The van der Waals surface area contributed by atoms with Gasteiger partial charge in [0.2, 0.25) is 0 Å². The zero-order chi connectivity index (χ0) is 15.0. The molecular weight excluding hydrogens is 262 g/mol. The fourth-order valence-corrected chi connectivity index (χ4v) is 2.92. The molecule has 2 aromatic rings. The number of Topliss-reactive ketones (excluding diaryl/α,β-unsaturated/α-hetero) is 1. The summed E-state index contributed by atoms with van der Waals surface area (Å²) < 4.78 is 0. The lowest BCUT2D eigenvalue weighted by Gasteiger charge is -2.27. The van der Waals surface area contributed by atoms with E-state index < -0.39 is 0 Å². The predicted molar refractivity (Wildman–Crippen MR) is 84.1 cm³/mol. The maximum atomic E-state index is 12.4. The number of carbonyl (C=O) groups is 1. The zero-order valence-corrected chi connectivity index (χ0v) is 12.8. The molecule has 0 spiro atoms. The minimum Gasteiger partial charge on any atom is -0.338 e. The molecule has 4 nitrogen and oxygen atoms in total. The summed E-state index contributed by atoms with van der Waals surface area (Å²) in [7, 11) is 0. The van der Waals surface area contributed by atoms with Gasteiger partial charge in [0, 0.05) is 17.8 Å². The number of benzene rings is 1. The lowest BCUT2D eigenvalue weighted by atomic mass is 9.76. The van der Waals surface area contributed by atoms with Gasteiger partial charge in [-0.25, -0.2) is 0 Å². The van der Waals surface area contributed by atoms with Crippen molar-refractivity contribution < 1.29 is 4.79 Å². The van der Waals surface area contributed by atoms with Gasteiger partial charge in [-0.1, -0.05) is 32.9 Å². The van der Waals surface area contributed by atoms with E-state index in [2.05, 4.69) is 48.4 Å². The molecule has 1 aliphatic rings. The minimum absolute atomic E-state index is 0.0106. The van der Waals surface area contributed by atoms with E-state index in [9.17, 15) is 4.79 Å². The Morgan fingerprint density at radius 3 is 2.62 bits per heavy atom. The molecule has 0 saturated carbocycles. The highest BCUT2D eigenvalue weighted by atomic mass is 16.1. The Morgan fingerprint density at radius 1 is 1.24 bits per heavy atom. The van der Waals surface area contributed by atoms with Crippen molar-refractivity contribution in [3.63, 3.8) is 0 Å². The molecule has 21 heavy (non-hydrogen) atoms. The third-order valence-electron chi connectivity index (χ3n) is 4.04. The second-order valence-electron chi connectivity index (χ2n) is 6.54. The van der Waals surface area contributed by atoms with Crippen LogP contribution in [0, 0.1) is 5.41 Å². The minimum atomic E-state index is 0.0106. The highest BCUT2D eigenvalue weighted by Gasteiger charge is 2.34. The number of fused-ring (bicyclic) bond motifs is 1. The Morgan fingerprint density at radius 2 is 1.95 bits per heavy atom. The molecule has 4 heteroatoms. The summed E-state index contributed by atoms with van der Waals surface area (Å²) in [5.41, 5.74) is 3.94. The van der Waals surface area contributed by atoms with Crippen LogP contribution in [-0.4, -0.2) is 16.0 Å². The SMILES string of the molecule is CCc1ccc(Nc2n[nH]c3c2C(=O)CC(C)(C)C3)cc1. The number of anilines is 2. The third-order valence-corrected chi connectivity index (χ3v) is 4.04. The Kier molecular flexibility index (Phi) is 3.32. The van der Waals surface area contributed by atoms with Crippen molar-refractivity contribution in [2.45, 2.75) is 40.0 Å². The van der Waals surface area contributed by atoms with E-state index in [0.717, 1.165) is 29.8 Å². The number of nitrogens with zero attached hydrogens (tertiary/aromatic N) is 1. The lowest BCUT2D eigenvalue weighted by Crippen LogP contribution is -2.26. The molecule has 1 aliphatic carbocycles. The van der Waals surface area contributed by atoms with Crippen LogP contribution >= 0.6 is 0 Å². The highest BCUT2D eigenvalue weighted by molar-refractivity contribution is 6.03. The molecule has 0 bridgehead atoms. The molecule has 0 radical (unpaired) electrons. The zero-order valence-electron chi connectivity index (χ0n) is 12.8. The first-order valence-corrected chi connectivity index (χ1v) is 7.45. The van der Waals surface area contributed by atoms with Crippen LogP contribution in [0.1, 0.15) is 48.8 Å². The van der Waals surface area contributed by atoms with Gasteiger partial charge in [0.1, 0.15) is 0 Å². The molecule has 0 saturated heterocycles. The van der Waals surface area contributed by atoms with Crippen LogP contribution in [0.3, 0.4) is 0 Å². The Labute approximate surface area is 125 Å². The van der Waals surface area contributed by atoms with E-state index in [1.54, 1.807) is 0 Å². The summed E-state index contributed by atoms with van der Waals surface area (Å²) in [6.45, 7) is 6.36. The molecule has 0 unspecified atom stereocenters. The summed E-state index contributed by atoms with van der Waals surface area (Å²) in [5, 5.41) is 10.6. The molecule has 1 heterocycles. The second-order valence-corrected chi connectivity index (χ2v) is 6.54. The fourth-order valence-electron chi connectivity index (χ4n) is 2.92. The van der Waals surface area contributed by atoms with Gasteiger partial charge in [-0.15, -0.1) is 0 Å². The summed E-state index contributed by atoms with van der Waals surface area (Å²) in [4.78, 5) is 12.4. The molecule has 0 fully saturated rings. The number of aryl methyl sites for hydroxylation is 1. The van der Waals surface area contributed by atoms with Crippen LogP contribution in [0.5, 0.6) is 0 Å². The largest absolute Gasteiger partial charge is 0.338 e. The van der Waals surface area contributed by atoms with Gasteiger partial charge >= 0.3 is 0 Å². The van der Waals surface area contributed by atoms with Gasteiger partial charge in [-0.05, 0) is 36.0 Å². The number of nitrogens with one attached hydrogen (secondary N) is 2. The molecule has 1 aromatic carbocycles. The molecule has 3 rings (SSSR count). The van der Waals surface area contributed by atoms with E-state index >= 15 is 0 Å². The maximum Gasteiger partial charge on any atom is 0.169 e. The Hall–Kier alpha value is -2.10. The first-order valence-electron chi connectivity index (χ1n) is 7.45. The smallest absolute Gasteiger partial charge is 0.169 e. The summed E-state index contributed by atoms with van der Waals surface area (Å²) >= 11 is 0. The maximum absolute atomic E-state index is 12.4. The number of carbonyl (C=O) groups excluding carboxylic acids is 1. The van der Waals surface area contributed by atoms with Crippen LogP contribution < -0.4 is 5.32 Å². The van der Waals surface area contributed by atoms with Crippen LogP contribution in [0.2, 0.25) is 0 Å². The molecule has 0 atom stereocenters. The van der Waals surface area contributed by atoms with Crippen molar-refractivity contribution in [2.75, 3.05) is 5.32 Å². The van der Waals surface area contributed by atoms with Crippen molar-refractivity contribution in [2.24, 2.45) is 5.41 Å². The van der Waals surface area contributed by atoms with Crippen LogP contribution in [-0.2, 0) is 12.8 Å². The molecule has 1 aromatic heterocycles. The van der Waals surface area contributed by atoms with E-state index in [1.807, 2.05) is 12.1 Å². The van der Waals surface area contributed by atoms with Crippen molar-refractivity contribution in [1.82, 2.24) is 10.2 Å². The van der Waals surface area contributed by atoms with E-state index in [4.69, 9.17) is 0 Å². The number of aromatic amines is 1. The van der Waals surface area contributed by atoms with Gasteiger partial charge in [0.15, 0.2) is 11.6 Å². The number of aromatic nitrogens is 2. The molecule has 110 valence electrons. The van der Waals surface area contributed by atoms with Crippen LogP contribution in [0.15, 0.2) is 24.3 Å². The van der Waals surface area contributed by atoms with Gasteiger partial charge < -0.3 is 5.32 Å². The normalized spacial score (nSPS) is 16.6. The van der Waals surface area contributed by atoms with Crippen molar-refractivity contribution in [3.8, 4) is 0 Å². The third kappa shape index (κ3) is 2.71. The first-order chi connectivity index (χ1) is 9.98. The van der Waals surface area contributed by atoms with E-state index in [-0.39, 0.29) is 11.2 Å². The van der Waals surface area contributed by atoms with Crippen molar-refractivity contribution in [1.29, 1.82) is 0 Å². The number of hydrogen-bond acceptors (Lipinski definition) is 3. The van der Waals surface area contributed by atoms with E-state index in [0.29, 0.717) is 12.2 Å². The highest BCUT2D eigenvalue weighted by Crippen LogP contribution is 2.37. The quantitative estimate of drug-likeness (QED) is 0.899. The molecule has 0 amide bonds. The predicted octanol–water partition coefficient (Wildman–Crippen LogP) is 3.87. The second kappa shape index (κ2) is 5.02. The topological polar surface area (TPSA) is 57.8 Å². The number of H-pyrrole nitrogens is 1. The number of hydrogen-bond donors (Lipinski definition) is 2. The monoisotopic (exact) mass is 283 g/mol. The van der Waals surface area contributed by atoms with Crippen molar-refractivity contribution >= 4 is 17.3 Å². The van der Waals surface area contributed by atoms with Gasteiger partial charge in [0.05, 0.1) is 5.56 Å². The first kappa shape index (κ1) is 13.9. The van der Waals surface area contributed by atoms with Gasteiger partial charge in [-0.3, -0.25) is 9.89 Å². The molecular formula is C17H21N3O. The van der Waals surface area contributed by atoms with E-state index in [1.165, 1.54) is 5.56 Å². The molecule has 0 aliphatic heterocycles. The summed E-state index contributed by atoms with van der Waals surface area (Å²) in [5.74, 6) is 0.817. The van der Waals surface area contributed by atoms with Crippen molar-refractivity contribution in [3.05, 3.63) is 41.1 Å². The summed E-state index contributed by atoms with van der Waals surface area (Å²) in [6, 6.07) is 8.23. The lowest BCUT2D eigenvalue weighted by molar-refractivity contribution is 0.0912. The Balaban J connectivity index is 1.87.